The Bertz CT molecular complexity index is 760. The zero-order valence-electron chi connectivity index (χ0n) is 10.2. The first-order valence-electron chi connectivity index (χ1n) is 5.69. The lowest BCUT2D eigenvalue weighted by molar-refractivity contribution is 0.102. The standard InChI is InChI=1S/C13H11N5O/c1-18-5-4-8-6-16-12(17-13(8)18)11(19)10-3-2-9(14)7-15-10/h2-7H,14H2,1H3. The highest BCUT2D eigenvalue weighted by molar-refractivity contribution is 6.05. The van der Waals surface area contributed by atoms with Gasteiger partial charge in [-0.25, -0.2) is 9.97 Å². The highest BCUT2D eigenvalue weighted by atomic mass is 16.1. The molecule has 2 N–H and O–H groups in total. The largest absolute Gasteiger partial charge is 0.397 e. The van der Waals surface area contributed by atoms with Gasteiger partial charge in [0.2, 0.25) is 11.6 Å². The molecule has 3 aromatic rings. The van der Waals surface area contributed by atoms with Gasteiger partial charge in [0, 0.05) is 24.8 Å². The number of carbonyl (C=O) groups excluding carboxylic acids is 1. The van der Waals surface area contributed by atoms with Crippen LogP contribution in [-0.4, -0.2) is 25.3 Å². The summed E-state index contributed by atoms with van der Waals surface area (Å²) in [6.07, 6.45) is 4.94. The van der Waals surface area contributed by atoms with Crippen LogP contribution in [0.25, 0.3) is 11.0 Å². The smallest absolute Gasteiger partial charge is 0.248 e. The Labute approximate surface area is 108 Å². The van der Waals surface area contributed by atoms with Gasteiger partial charge in [0.25, 0.3) is 0 Å². The lowest BCUT2D eigenvalue weighted by atomic mass is 10.2. The van der Waals surface area contributed by atoms with Gasteiger partial charge in [-0.05, 0) is 18.2 Å². The van der Waals surface area contributed by atoms with Gasteiger partial charge in [-0.15, -0.1) is 0 Å². The van der Waals surface area contributed by atoms with E-state index in [4.69, 9.17) is 5.73 Å². The molecule has 3 rings (SSSR count). The van der Waals surface area contributed by atoms with Gasteiger partial charge in [-0.3, -0.25) is 9.78 Å². The molecule has 0 aliphatic heterocycles. The van der Waals surface area contributed by atoms with Crippen molar-refractivity contribution in [2.24, 2.45) is 7.05 Å². The average molecular weight is 253 g/mol. The lowest BCUT2D eigenvalue weighted by Gasteiger charge is -2.01. The quantitative estimate of drug-likeness (QED) is 0.693. The van der Waals surface area contributed by atoms with E-state index in [9.17, 15) is 4.79 Å². The third kappa shape index (κ3) is 1.93. The molecule has 0 saturated carbocycles. The molecule has 0 radical (unpaired) electrons. The third-order valence-corrected chi connectivity index (χ3v) is 2.83. The molecule has 6 nitrogen and oxygen atoms in total. The van der Waals surface area contributed by atoms with Crippen LogP contribution in [0, 0.1) is 0 Å². The van der Waals surface area contributed by atoms with E-state index < -0.39 is 0 Å². The summed E-state index contributed by atoms with van der Waals surface area (Å²) in [5.41, 5.74) is 7.04. The lowest BCUT2D eigenvalue weighted by Crippen LogP contribution is -2.09. The van der Waals surface area contributed by atoms with E-state index in [2.05, 4.69) is 15.0 Å². The predicted octanol–water partition coefficient (Wildman–Crippen LogP) is 1.18. The fourth-order valence-corrected chi connectivity index (χ4v) is 1.81. The van der Waals surface area contributed by atoms with Crippen molar-refractivity contribution in [2.45, 2.75) is 0 Å². The maximum Gasteiger partial charge on any atom is 0.248 e. The van der Waals surface area contributed by atoms with Crippen LogP contribution < -0.4 is 5.73 Å². The Morgan fingerprint density at radius 3 is 2.79 bits per heavy atom. The van der Waals surface area contributed by atoms with Gasteiger partial charge in [0.05, 0.1) is 11.9 Å². The average Bonchev–Trinajstić information content (AvgIpc) is 2.80. The zero-order chi connectivity index (χ0) is 13.4. The SMILES string of the molecule is Cn1ccc2cnc(C(=O)c3ccc(N)cn3)nc21. The first-order chi connectivity index (χ1) is 9.15. The van der Waals surface area contributed by atoms with Crippen molar-refractivity contribution in [1.82, 2.24) is 19.5 Å². The third-order valence-electron chi connectivity index (χ3n) is 2.83. The molecule has 0 unspecified atom stereocenters. The fraction of sp³-hybridized carbons (Fsp3) is 0.0769. The summed E-state index contributed by atoms with van der Waals surface area (Å²) < 4.78 is 1.84. The molecular formula is C13H11N5O. The Morgan fingerprint density at radius 2 is 2.05 bits per heavy atom. The van der Waals surface area contributed by atoms with Crippen molar-refractivity contribution in [3.05, 3.63) is 48.3 Å². The molecule has 0 aromatic carbocycles. The molecule has 19 heavy (non-hydrogen) atoms. The number of carbonyl (C=O) groups is 1. The molecule has 3 aromatic heterocycles. The minimum Gasteiger partial charge on any atom is -0.397 e. The Balaban J connectivity index is 2.05. The van der Waals surface area contributed by atoms with Crippen LogP contribution in [0.1, 0.15) is 16.3 Å². The monoisotopic (exact) mass is 253 g/mol. The highest BCUT2D eigenvalue weighted by Gasteiger charge is 2.15. The number of aryl methyl sites for hydroxylation is 1. The number of anilines is 1. The number of hydrogen-bond acceptors (Lipinski definition) is 5. The number of ketones is 1. The number of rotatable bonds is 2. The zero-order valence-corrected chi connectivity index (χ0v) is 10.2. The summed E-state index contributed by atoms with van der Waals surface area (Å²) in [5.74, 6) is -0.185. The molecule has 0 bridgehead atoms. The molecule has 94 valence electrons. The van der Waals surface area contributed by atoms with E-state index in [1.165, 1.54) is 6.20 Å². The van der Waals surface area contributed by atoms with Gasteiger partial charge in [0.15, 0.2) is 0 Å². The van der Waals surface area contributed by atoms with E-state index in [-0.39, 0.29) is 17.3 Å². The normalized spacial score (nSPS) is 10.8. The van der Waals surface area contributed by atoms with Crippen LogP contribution in [0.5, 0.6) is 0 Å². The Hall–Kier alpha value is -2.76. The van der Waals surface area contributed by atoms with E-state index in [0.29, 0.717) is 11.3 Å². The summed E-state index contributed by atoms with van der Waals surface area (Å²) in [6, 6.07) is 5.09. The molecule has 0 spiro atoms. The van der Waals surface area contributed by atoms with Crippen molar-refractivity contribution in [1.29, 1.82) is 0 Å². The second kappa shape index (κ2) is 4.16. The number of aromatic nitrogens is 4. The van der Waals surface area contributed by atoms with Gasteiger partial charge in [0.1, 0.15) is 11.3 Å². The van der Waals surface area contributed by atoms with Crippen LogP contribution in [0.2, 0.25) is 0 Å². The van der Waals surface area contributed by atoms with Gasteiger partial charge >= 0.3 is 0 Å². The minimum absolute atomic E-state index is 0.131. The molecule has 6 heteroatoms. The number of nitrogen functional groups attached to an aromatic ring is 1. The summed E-state index contributed by atoms with van der Waals surface area (Å²) in [7, 11) is 1.87. The number of hydrogen-bond donors (Lipinski definition) is 1. The minimum atomic E-state index is -0.317. The van der Waals surface area contributed by atoms with Gasteiger partial charge in [-0.2, -0.15) is 0 Å². The van der Waals surface area contributed by atoms with Crippen molar-refractivity contribution >= 4 is 22.5 Å². The van der Waals surface area contributed by atoms with E-state index in [1.54, 1.807) is 18.3 Å². The van der Waals surface area contributed by atoms with E-state index in [0.717, 1.165) is 5.39 Å². The number of pyridine rings is 1. The molecule has 0 aliphatic carbocycles. The van der Waals surface area contributed by atoms with Gasteiger partial charge < -0.3 is 10.3 Å². The Morgan fingerprint density at radius 1 is 1.21 bits per heavy atom. The molecule has 0 saturated heterocycles. The summed E-state index contributed by atoms with van der Waals surface area (Å²) in [6.45, 7) is 0. The first-order valence-corrected chi connectivity index (χ1v) is 5.69. The van der Waals surface area contributed by atoms with Crippen LogP contribution in [0.4, 0.5) is 5.69 Å². The molecule has 0 atom stereocenters. The van der Waals surface area contributed by atoms with Crippen molar-refractivity contribution in [2.75, 3.05) is 5.73 Å². The molecule has 0 aliphatic rings. The van der Waals surface area contributed by atoms with E-state index in [1.807, 2.05) is 23.9 Å². The fourth-order valence-electron chi connectivity index (χ4n) is 1.81. The number of nitrogens with two attached hydrogens (primary N) is 1. The van der Waals surface area contributed by atoms with Crippen LogP contribution in [-0.2, 0) is 7.05 Å². The second-order valence-corrected chi connectivity index (χ2v) is 4.21. The molecule has 3 heterocycles. The maximum absolute atomic E-state index is 12.2. The van der Waals surface area contributed by atoms with Crippen LogP contribution in [0.15, 0.2) is 36.8 Å². The molecule has 0 fully saturated rings. The highest BCUT2D eigenvalue weighted by Crippen LogP contribution is 2.12. The van der Waals surface area contributed by atoms with Crippen molar-refractivity contribution < 1.29 is 4.79 Å². The molecular weight excluding hydrogens is 242 g/mol. The van der Waals surface area contributed by atoms with Crippen LogP contribution in [0.3, 0.4) is 0 Å². The van der Waals surface area contributed by atoms with Crippen molar-refractivity contribution in [3.8, 4) is 0 Å². The topological polar surface area (TPSA) is 86.7 Å². The summed E-state index contributed by atoms with van der Waals surface area (Å²) >= 11 is 0. The number of nitrogens with zero attached hydrogens (tertiary/aromatic N) is 4. The summed E-state index contributed by atoms with van der Waals surface area (Å²) in [4.78, 5) is 24.5. The Kier molecular flexibility index (Phi) is 2.49. The van der Waals surface area contributed by atoms with E-state index >= 15 is 0 Å². The van der Waals surface area contributed by atoms with Gasteiger partial charge in [-0.1, -0.05) is 0 Å². The predicted molar refractivity (Wildman–Crippen MR) is 70.6 cm³/mol. The summed E-state index contributed by atoms with van der Waals surface area (Å²) in [5, 5.41) is 0.893. The number of fused-ring (bicyclic) bond motifs is 1. The second-order valence-electron chi connectivity index (χ2n) is 4.21. The maximum atomic E-state index is 12.2. The first kappa shape index (κ1) is 11.3. The molecule has 0 amide bonds. The van der Waals surface area contributed by atoms with Crippen LogP contribution >= 0.6 is 0 Å². The van der Waals surface area contributed by atoms with Crippen molar-refractivity contribution in [3.63, 3.8) is 0 Å².